The molecule has 1 aromatic rings. The minimum absolute atomic E-state index is 0.0222. The predicted octanol–water partition coefficient (Wildman–Crippen LogP) is 2.63. The molecule has 0 aliphatic carbocycles. The number of nitrogens with zero attached hydrogens (tertiary/aromatic N) is 2. The first-order chi connectivity index (χ1) is 15.8. The lowest BCUT2D eigenvalue weighted by Gasteiger charge is -2.31. The summed E-state index contributed by atoms with van der Waals surface area (Å²) in [6.45, 7) is 5.30. The third-order valence-corrected chi connectivity index (χ3v) is 6.64. The third kappa shape index (κ3) is 10.1. The van der Waals surface area contributed by atoms with Gasteiger partial charge in [-0.1, -0.05) is 32.6 Å². The Morgan fingerprint density at radius 3 is 2.79 bits per heavy atom. The fourth-order valence-corrected chi connectivity index (χ4v) is 4.34. The summed E-state index contributed by atoms with van der Waals surface area (Å²) in [5.74, 6) is -0.136. The van der Waals surface area contributed by atoms with Gasteiger partial charge >= 0.3 is 0 Å². The number of aromatic nitrogens is 1. The van der Waals surface area contributed by atoms with E-state index in [1.807, 2.05) is 6.07 Å². The van der Waals surface area contributed by atoms with Crippen molar-refractivity contribution in [2.75, 3.05) is 26.8 Å². The van der Waals surface area contributed by atoms with Gasteiger partial charge in [-0.15, -0.1) is 0 Å². The smallest absolute Gasteiger partial charge is 0.248 e. The molecule has 1 aliphatic rings. The van der Waals surface area contributed by atoms with Crippen LogP contribution in [0.25, 0.3) is 0 Å². The van der Waals surface area contributed by atoms with E-state index < -0.39 is 18.2 Å². The van der Waals surface area contributed by atoms with Gasteiger partial charge < -0.3 is 25.4 Å². The summed E-state index contributed by atoms with van der Waals surface area (Å²) in [6.07, 6.45) is 8.69. The van der Waals surface area contributed by atoms with Crippen molar-refractivity contribution in [3.05, 3.63) is 28.5 Å². The van der Waals surface area contributed by atoms with Gasteiger partial charge in [-0.3, -0.25) is 14.6 Å². The van der Waals surface area contributed by atoms with Crippen LogP contribution in [0.5, 0.6) is 0 Å². The Hall–Kier alpha value is -1.55. The zero-order valence-electron chi connectivity index (χ0n) is 20.1. The summed E-state index contributed by atoms with van der Waals surface area (Å²) >= 11 is 3.41. The van der Waals surface area contributed by atoms with Gasteiger partial charge in [0, 0.05) is 43.6 Å². The monoisotopic (exact) mass is 526 g/mol. The average Bonchev–Trinajstić information content (AvgIpc) is 2.78. The highest BCUT2D eigenvalue weighted by Crippen LogP contribution is 2.18. The first-order valence-electron chi connectivity index (χ1n) is 11.9. The number of nitrogens with one attached hydrogen (secondary N) is 2. The number of halogens is 1. The molecule has 0 unspecified atom stereocenters. The lowest BCUT2D eigenvalue weighted by atomic mass is 9.92. The first kappa shape index (κ1) is 27.7. The van der Waals surface area contributed by atoms with Crippen LogP contribution in [-0.2, 0) is 20.9 Å². The second kappa shape index (κ2) is 14.7. The minimum atomic E-state index is -0.757. The van der Waals surface area contributed by atoms with Crippen molar-refractivity contribution in [2.24, 2.45) is 5.92 Å². The maximum Gasteiger partial charge on any atom is 0.248 e. The summed E-state index contributed by atoms with van der Waals surface area (Å²) < 4.78 is 6.39. The van der Waals surface area contributed by atoms with Gasteiger partial charge in [-0.25, -0.2) is 0 Å². The highest BCUT2D eigenvalue weighted by Gasteiger charge is 2.28. The Bertz CT molecular complexity index is 751. The number of aliphatic hydroxyl groups is 1. The molecule has 1 aromatic heterocycles. The van der Waals surface area contributed by atoms with Crippen LogP contribution in [0.15, 0.2) is 22.9 Å². The molecule has 0 aromatic carbocycles. The highest BCUT2D eigenvalue weighted by atomic mass is 79.9. The van der Waals surface area contributed by atoms with Gasteiger partial charge in [-0.2, -0.15) is 0 Å². The molecule has 1 aliphatic heterocycles. The molecule has 2 rings (SSSR count). The summed E-state index contributed by atoms with van der Waals surface area (Å²) in [5, 5.41) is 17.2. The van der Waals surface area contributed by atoms with Crippen LogP contribution in [-0.4, -0.2) is 71.8 Å². The quantitative estimate of drug-likeness (QED) is 0.544. The van der Waals surface area contributed by atoms with Gasteiger partial charge in [-0.05, 0) is 53.2 Å². The van der Waals surface area contributed by atoms with E-state index in [0.717, 1.165) is 42.1 Å². The number of hydrogen-bond donors (Lipinski definition) is 3. The van der Waals surface area contributed by atoms with Gasteiger partial charge in [0.25, 0.3) is 0 Å². The number of hydrogen-bond acceptors (Lipinski definition) is 6. The summed E-state index contributed by atoms with van der Waals surface area (Å²) in [5.41, 5.74) is 1.00. The maximum atomic E-state index is 12.9. The number of ether oxygens (including phenoxy) is 1. The average molecular weight is 528 g/mol. The molecule has 9 heteroatoms. The minimum Gasteiger partial charge on any atom is -0.390 e. The molecule has 3 N–H and O–H groups in total. The Kier molecular flexibility index (Phi) is 12.3. The van der Waals surface area contributed by atoms with E-state index in [4.69, 9.17) is 4.74 Å². The van der Waals surface area contributed by atoms with Crippen molar-refractivity contribution in [1.29, 1.82) is 0 Å². The van der Waals surface area contributed by atoms with Gasteiger partial charge in [0.15, 0.2) is 0 Å². The van der Waals surface area contributed by atoms with Crippen LogP contribution >= 0.6 is 15.9 Å². The number of pyridine rings is 1. The standard InChI is InChI=1S/C24H39BrN4O4/c1-17-8-6-4-5-7-9-33-16-23(31)29(3)18(2)24(32)28-21(10-17)22(30)15-27-13-19-11-20(25)14-26-12-19/h11-12,14,17-18,21-22,27,30H,4-10,13,15-16H2,1-3H3,(H,28,32)/t17-,18+,21+,22-/m1/s1. The number of carbonyl (C=O) groups excluding carboxylic acids is 2. The highest BCUT2D eigenvalue weighted by molar-refractivity contribution is 9.10. The van der Waals surface area contributed by atoms with Crippen LogP contribution in [0.4, 0.5) is 0 Å². The van der Waals surface area contributed by atoms with E-state index in [0.29, 0.717) is 32.0 Å². The molecule has 4 atom stereocenters. The summed E-state index contributed by atoms with van der Waals surface area (Å²) in [7, 11) is 1.61. The van der Waals surface area contributed by atoms with Gasteiger partial charge in [0.1, 0.15) is 12.6 Å². The molecule has 0 bridgehead atoms. The second-order valence-corrected chi connectivity index (χ2v) is 10.0. The molecule has 2 heterocycles. The molecule has 0 radical (unpaired) electrons. The number of amides is 2. The lowest BCUT2D eigenvalue weighted by Crippen LogP contribution is -2.54. The van der Waals surface area contributed by atoms with Crippen LogP contribution in [0.3, 0.4) is 0 Å². The number of carbonyl (C=O) groups is 2. The van der Waals surface area contributed by atoms with E-state index in [-0.39, 0.29) is 18.4 Å². The molecule has 1 fully saturated rings. The largest absolute Gasteiger partial charge is 0.390 e. The van der Waals surface area contributed by atoms with Crippen LogP contribution in [0, 0.1) is 5.92 Å². The lowest BCUT2D eigenvalue weighted by molar-refractivity contribution is -0.142. The third-order valence-electron chi connectivity index (χ3n) is 6.21. The molecule has 2 amide bonds. The predicted molar refractivity (Wildman–Crippen MR) is 131 cm³/mol. The number of likely N-dealkylation sites (N-methyl/N-ethyl adjacent to an activating group) is 1. The van der Waals surface area contributed by atoms with Crippen molar-refractivity contribution in [1.82, 2.24) is 20.5 Å². The molecule has 0 saturated carbocycles. The van der Waals surface area contributed by atoms with E-state index in [2.05, 4.69) is 38.5 Å². The zero-order valence-corrected chi connectivity index (χ0v) is 21.6. The van der Waals surface area contributed by atoms with Gasteiger partial charge in [0.05, 0.1) is 12.1 Å². The van der Waals surface area contributed by atoms with Crippen molar-refractivity contribution in [2.45, 2.75) is 77.1 Å². The van der Waals surface area contributed by atoms with E-state index >= 15 is 0 Å². The van der Waals surface area contributed by atoms with E-state index in [1.54, 1.807) is 26.4 Å². The van der Waals surface area contributed by atoms with E-state index in [1.165, 1.54) is 4.90 Å². The molecule has 1 saturated heterocycles. The van der Waals surface area contributed by atoms with E-state index in [9.17, 15) is 14.7 Å². The zero-order chi connectivity index (χ0) is 24.2. The summed E-state index contributed by atoms with van der Waals surface area (Å²) in [4.78, 5) is 30.9. The Balaban J connectivity index is 2.02. The normalized spacial score (nSPS) is 25.5. The van der Waals surface area contributed by atoms with Crippen molar-refractivity contribution < 1.29 is 19.4 Å². The molecular formula is C24H39BrN4O4. The second-order valence-electron chi connectivity index (χ2n) is 9.10. The summed E-state index contributed by atoms with van der Waals surface area (Å²) in [6, 6.07) is 0.913. The fourth-order valence-electron chi connectivity index (χ4n) is 3.93. The molecule has 0 spiro atoms. The maximum absolute atomic E-state index is 12.9. The van der Waals surface area contributed by atoms with Gasteiger partial charge in [0.2, 0.25) is 11.8 Å². The Morgan fingerprint density at radius 1 is 1.27 bits per heavy atom. The molecule has 186 valence electrons. The van der Waals surface area contributed by atoms with Crippen LogP contribution < -0.4 is 10.6 Å². The Morgan fingerprint density at radius 2 is 2.03 bits per heavy atom. The molecular weight excluding hydrogens is 488 g/mol. The fraction of sp³-hybridized carbons (Fsp3) is 0.708. The first-order valence-corrected chi connectivity index (χ1v) is 12.7. The van der Waals surface area contributed by atoms with Crippen molar-refractivity contribution >= 4 is 27.7 Å². The molecule has 8 nitrogen and oxygen atoms in total. The van der Waals surface area contributed by atoms with Crippen LogP contribution in [0.1, 0.15) is 57.9 Å². The van der Waals surface area contributed by atoms with Crippen LogP contribution in [0.2, 0.25) is 0 Å². The topological polar surface area (TPSA) is 104 Å². The molecule has 33 heavy (non-hydrogen) atoms. The number of aliphatic hydroxyl groups excluding tert-OH is 1. The number of rotatable bonds is 5. The van der Waals surface area contributed by atoms with Crippen molar-refractivity contribution in [3.8, 4) is 0 Å². The SMILES string of the molecule is C[C@@H]1CCCCCCOCC(=O)N(C)[C@@H](C)C(=O)N[C@H]([C@H](O)CNCc2cncc(Br)c2)C1. The van der Waals surface area contributed by atoms with Crippen molar-refractivity contribution in [3.63, 3.8) is 0 Å². The Labute approximate surface area is 206 Å².